The predicted molar refractivity (Wildman–Crippen MR) is 68.9 cm³/mol. The minimum absolute atomic E-state index is 0. The van der Waals surface area contributed by atoms with Gasteiger partial charge < -0.3 is 15.8 Å². The van der Waals surface area contributed by atoms with E-state index in [4.69, 9.17) is 5.73 Å². The van der Waals surface area contributed by atoms with Crippen LogP contribution in [0, 0.1) is 11.8 Å². The fourth-order valence-electron chi connectivity index (χ4n) is 1.28. The van der Waals surface area contributed by atoms with Gasteiger partial charge in [0.1, 0.15) is 0 Å². The van der Waals surface area contributed by atoms with Gasteiger partial charge in [0.05, 0.1) is 19.1 Å². The Balaban J connectivity index is 0. The standard InChI is InChI=1S/C11H22N2O3.ClH/c1-7(2)5-9(12)10(14)13-6-8(3)11(15)16-4;/h7-9H,5-6,12H2,1-4H3,(H,13,14);1H/t8?,9-;/m0./s1. The first-order chi connectivity index (χ1) is 7.38. The number of carbonyl (C=O) groups excluding carboxylic acids is 2. The van der Waals surface area contributed by atoms with Crippen molar-refractivity contribution in [3.05, 3.63) is 0 Å². The number of carbonyl (C=O) groups is 2. The molecule has 0 spiro atoms. The van der Waals surface area contributed by atoms with E-state index in [0.29, 0.717) is 12.3 Å². The number of halogens is 1. The zero-order chi connectivity index (χ0) is 12.7. The maximum absolute atomic E-state index is 11.5. The maximum Gasteiger partial charge on any atom is 0.310 e. The van der Waals surface area contributed by atoms with Crippen LogP contribution in [0.2, 0.25) is 0 Å². The van der Waals surface area contributed by atoms with Gasteiger partial charge in [-0.25, -0.2) is 0 Å². The normalized spacial score (nSPS) is 13.5. The molecule has 0 aliphatic rings. The van der Waals surface area contributed by atoms with E-state index in [2.05, 4.69) is 10.1 Å². The summed E-state index contributed by atoms with van der Waals surface area (Å²) in [5.74, 6) is -0.527. The molecule has 6 heteroatoms. The number of methoxy groups -OCH3 is 1. The molecule has 17 heavy (non-hydrogen) atoms. The quantitative estimate of drug-likeness (QED) is 0.694. The van der Waals surface area contributed by atoms with E-state index < -0.39 is 6.04 Å². The van der Waals surface area contributed by atoms with E-state index in [0.717, 1.165) is 0 Å². The molecule has 1 unspecified atom stereocenters. The van der Waals surface area contributed by atoms with Gasteiger partial charge in [-0.2, -0.15) is 0 Å². The number of nitrogens with two attached hydrogens (primary N) is 1. The average molecular weight is 267 g/mol. The van der Waals surface area contributed by atoms with Crippen LogP contribution in [0.5, 0.6) is 0 Å². The number of hydrogen-bond donors (Lipinski definition) is 2. The van der Waals surface area contributed by atoms with Crippen molar-refractivity contribution in [3.63, 3.8) is 0 Å². The van der Waals surface area contributed by atoms with E-state index in [1.807, 2.05) is 13.8 Å². The third-order valence-electron chi connectivity index (χ3n) is 2.25. The summed E-state index contributed by atoms with van der Waals surface area (Å²) in [5.41, 5.74) is 5.68. The fraction of sp³-hybridized carbons (Fsp3) is 0.818. The van der Waals surface area contributed by atoms with E-state index in [1.54, 1.807) is 6.92 Å². The molecule has 3 N–H and O–H groups in total. The first kappa shape index (κ1) is 18.6. The zero-order valence-electron chi connectivity index (χ0n) is 10.9. The molecule has 2 atom stereocenters. The molecule has 0 aliphatic carbocycles. The smallest absolute Gasteiger partial charge is 0.310 e. The summed E-state index contributed by atoms with van der Waals surface area (Å²) in [7, 11) is 1.32. The van der Waals surface area contributed by atoms with E-state index >= 15 is 0 Å². The van der Waals surface area contributed by atoms with Crippen molar-refractivity contribution in [3.8, 4) is 0 Å². The lowest BCUT2D eigenvalue weighted by Crippen LogP contribution is -2.43. The second kappa shape index (κ2) is 9.24. The number of rotatable bonds is 6. The number of amides is 1. The van der Waals surface area contributed by atoms with Crippen LogP contribution in [0.15, 0.2) is 0 Å². The Kier molecular flexibility index (Phi) is 10.1. The third-order valence-corrected chi connectivity index (χ3v) is 2.25. The molecule has 0 rings (SSSR count). The fourth-order valence-corrected chi connectivity index (χ4v) is 1.28. The van der Waals surface area contributed by atoms with Crippen LogP contribution in [-0.4, -0.2) is 31.6 Å². The number of esters is 1. The van der Waals surface area contributed by atoms with Gasteiger partial charge in [-0.15, -0.1) is 12.4 Å². The molecule has 102 valence electrons. The minimum Gasteiger partial charge on any atom is -0.469 e. The van der Waals surface area contributed by atoms with E-state index in [9.17, 15) is 9.59 Å². The van der Waals surface area contributed by atoms with Crippen LogP contribution in [0.3, 0.4) is 0 Å². The summed E-state index contributed by atoms with van der Waals surface area (Å²) in [4.78, 5) is 22.6. The zero-order valence-corrected chi connectivity index (χ0v) is 11.7. The summed E-state index contributed by atoms with van der Waals surface area (Å²) in [6.07, 6.45) is 0.637. The summed E-state index contributed by atoms with van der Waals surface area (Å²) in [6.45, 7) is 5.96. The SMILES string of the molecule is COC(=O)C(C)CNC(=O)[C@@H](N)CC(C)C.Cl. The highest BCUT2D eigenvalue weighted by Gasteiger charge is 2.18. The van der Waals surface area contributed by atoms with Crippen molar-refractivity contribution in [2.24, 2.45) is 17.6 Å². The molecule has 0 saturated carbocycles. The Hall–Kier alpha value is -0.810. The van der Waals surface area contributed by atoms with Crippen LogP contribution in [0.1, 0.15) is 27.2 Å². The second-order valence-electron chi connectivity index (χ2n) is 4.41. The van der Waals surface area contributed by atoms with Gasteiger partial charge in [-0.3, -0.25) is 9.59 Å². The molecule has 0 heterocycles. The van der Waals surface area contributed by atoms with Gasteiger partial charge in [0.15, 0.2) is 0 Å². The van der Waals surface area contributed by atoms with Crippen LogP contribution in [0.25, 0.3) is 0 Å². The first-order valence-corrected chi connectivity index (χ1v) is 5.49. The van der Waals surface area contributed by atoms with Gasteiger partial charge in [0, 0.05) is 6.54 Å². The molecular formula is C11H23ClN2O3. The van der Waals surface area contributed by atoms with Crippen molar-refractivity contribution < 1.29 is 14.3 Å². The third kappa shape index (κ3) is 7.99. The van der Waals surface area contributed by atoms with Crippen molar-refractivity contribution >= 4 is 24.3 Å². The molecule has 0 radical (unpaired) electrons. The Labute approximate surface area is 109 Å². The Morgan fingerprint density at radius 2 is 1.82 bits per heavy atom. The lowest BCUT2D eigenvalue weighted by molar-refractivity contribution is -0.144. The number of nitrogens with one attached hydrogen (secondary N) is 1. The van der Waals surface area contributed by atoms with Crippen molar-refractivity contribution in [2.45, 2.75) is 33.2 Å². The molecular weight excluding hydrogens is 244 g/mol. The largest absolute Gasteiger partial charge is 0.469 e. The maximum atomic E-state index is 11.5. The Morgan fingerprint density at radius 3 is 2.24 bits per heavy atom. The first-order valence-electron chi connectivity index (χ1n) is 5.49. The number of ether oxygens (including phenoxy) is 1. The molecule has 0 bridgehead atoms. The highest BCUT2D eigenvalue weighted by molar-refractivity contribution is 5.85. The van der Waals surface area contributed by atoms with Crippen molar-refractivity contribution in [1.82, 2.24) is 5.32 Å². The van der Waals surface area contributed by atoms with Crippen LogP contribution < -0.4 is 11.1 Å². The van der Waals surface area contributed by atoms with Gasteiger partial charge in [-0.1, -0.05) is 20.8 Å². The lowest BCUT2D eigenvalue weighted by atomic mass is 10.0. The summed E-state index contributed by atoms with van der Waals surface area (Å²) >= 11 is 0. The van der Waals surface area contributed by atoms with Crippen LogP contribution >= 0.6 is 12.4 Å². The second-order valence-corrected chi connectivity index (χ2v) is 4.41. The lowest BCUT2D eigenvalue weighted by Gasteiger charge is -2.15. The van der Waals surface area contributed by atoms with Gasteiger partial charge in [0.25, 0.3) is 0 Å². The van der Waals surface area contributed by atoms with Crippen molar-refractivity contribution in [1.29, 1.82) is 0 Å². The molecule has 0 aromatic heterocycles. The van der Waals surface area contributed by atoms with E-state index in [1.165, 1.54) is 7.11 Å². The molecule has 0 fully saturated rings. The van der Waals surface area contributed by atoms with Crippen LogP contribution in [-0.2, 0) is 14.3 Å². The minimum atomic E-state index is -0.509. The van der Waals surface area contributed by atoms with Crippen LogP contribution in [0.4, 0.5) is 0 Å². The average Bonchev–Trinajstić information content (AvgIpc) is 2.23. The topological polar surface area (TPSA) is 81.4 Å². The predicted octanol–water partition coefficient (Wildman–Crippen LogP) is 0.707. The molecule has 1 amide bonds. The summed E-state index contributed by atoms with van der Waals surface area (Å²) < 4.78 is 4.55. The summed E-state index contributed by atoms with van der Waals surface area (Å²) in [6, 6.07) is -0.509. The monoisotopic (exact) mass is 266 g/mol. The Bertz CT molecular complexity index is 247. The molecule has 0 saturated heterocycles. The van der Waals surface area contributed by atoms with Gasteiger partial charge >= 0.3 is 5.97 Å². The van der Waals surface area contributed by atoms with Gasteiger partial charge in [-0.05, 0) is 12.3 Å². The molecule has 0 aromatic carbocycles. The van der Waals surface area contributed by atoms with Gasteiger partial charge in [0.2, 0.25) is 5.91 Å². The molecule has 5 nitrogen and oxygen atoms in total. The van der Waals surface area contributed by atoms with Crippen molar-refractivity contribution in [2.75, 3.05) is 13.7 Å². The molecule has 0 aromatic rings. The number of hydrogen-bond acceptors (Lipinski definition) is 4. The van der Waals surface area contributed by atoms with E-state index in [-0.39, 0.29) is 36.7 Å². The Morgan fingerprint density at radius 1 is 1.29 bits per heavy atom. The molecule has 0 aliphatic heterocycles. The highest BCUT2D eigenvalue weighted by Crippen LogP contribution is 2.03. The highest BCUT2D eigenvalue weighted by atomic mass is 35.5. The summed E-state index contributed by atoms with van der Waals surface area (Å²) in [5, 5.41) is 2.64.